The first-order valence-electron chi connectivity index (χ1n) is 6.49. The van der Waals surface area contributed by atoms with Gasteiger partial charge in [-0.1, -0.05) is 18.5 Å². The monoisotopic (exact) mass is 296 g/mol. The topological polar surface area (TPSA) is 69.6 Å². The molecule has 6 heteroatoms. The molecule has 1 aliphatic heterocycles. The molecule has 1 fully saturated rings. The van der Waals surface area contributed by atoms with Gasteiger partial charge >= 0.3 is 12.0 Å². The summed E-state index contributed by atoms with van der Waals surface area (Å²) < 4.78 is 0. The Hall–Kier alpha value is -1.75. The van der Waals surface area contributed by atoms with Crippen molar-refractivity contribution in [3.05, 3.63) is 28.8 Å². The van der Waals surface area contributed by atoms with E-state index in [4.69, 9.17) is 16.7 Å². The number of likely N-dealkylation sites (tertiary alicyclic amines) is 1. The molecule has 1 heterocycles. The third-order valence-electron chi connectivity index (χ3n) is 3.50. The highest BCUT2D eigenvalue weighted by Crippen LogP contribution is 2.26. The highest BCUT2D eigenvalue weighted by molar-refractivity contribution is 6.34. The molecule has 108 valence electrons. The minimum atomic E-state index is -1.05. The summed E-state index contributed by atoms with van der Waals surface area (Å²) >= 11 is 5.99. The molecule has 0 spiro atoms. The quantitative estimate of drug-likeness (QED) is 0.879. The fourth-order valence-corrected chi connectivity index (χ4v) is 2.75. The van der Waals surface area contributed by atoms with Crippen molar-refractivity contribution < 1.29 is 14.7 Å². The van der Waals surface area contributed by atoms with Gasteiger partial charge in [-0.25, -0.2) is 9.59 Å². The van der Waals surface area contributed by atoms with E-state index in [-0.39, 0.29) is 22.7 Å². The second-order valence-electron chi connectivity index (χ2n) is 5.27. The first-order chi connectivity index (χ1) is 9.38. The van der Waals surface area contributed by atoms with Crippen LogP contribution in [0.2, 0.25) is 5.02 Å². The molecule has 0 saturated carbocycles. The number of hydrogen-bond donors (Lipinski definition) is 2. The molecule has 5 nitrogen and oxygen atoms in total. The summed E-state index contributed by atoms with van der Waals surface area (Å²) in [6.07, 6.45) is 0.985. The van der Waals surface area contributed by atoms with E-state index in [1.807, 2.05) is 6.92 Å². The van der Waals surface area contributed by atoms with E-state index in [1.54, 1.807) is 4.90 Å². The fourth-order valence-electron chi connectivity index (χ4n) is 2.52. The van der Waals surface area contributed by atoms with Crippen LogP contribution >= 0.6 is 11.6 Å². The van der Waals surface area contributed by atoms with E-state index in [1.165, 1.54) is 18.2 Å². The van der Waals surface area contributed by atoms with Crippen LogP contribution in [0.25, 0.3) is 0 Å². The number of hydrogen-bond acceptors (Lipinski definition) is 2. The molecule has 1 aliphatic rings. The molecule has 1 aromatic carbocycles. The van der Waals surface area contributed by atoms with Gasteiger partial charge in [0.25, 0.3) is 0 Å². The Morgan fingerprint density at radius 1 is 1.40 bits per heavy atom. The zero-order valence-electron chi connectivity index (χ0n) is 11.4. The van der Waals surface area contributed by atoms with Crippen molar-refractivity contribution in [2.45, 2.75) is 26.3 Å². The average molecular weight is 297 g/mol. The van der Waals surface area contributed by atoms with Gasteiger partial charge in [0.1, 0.15) is 0 Å². The molecule has 2 amide bonds. The second kappa shape index (κ2) is 5.71. The molecule has 2 unspecified atom stereocenters. The Balaban J connectivity index is 2.10. The standard InChI is InChI=1S/C14H17ClN2O3/c1-8-5-9(2)17(7-8)14(20)16-12-4-3-10(13(18)19)6-11(12)15/h3-4,6,8-9H,5,7H2,1-2H3,(H,16,20)(H,18,19). The molecule has 0 aliphatic carbocycles. The number of urea groups is 1. The third-order valence-corrected chi connectivity index (χ3v) is 3.82. The first-order valence-corrected chi connectivity index (χ1v) is 6.86. The van der Waals surface area contributed by atoms with Gasteiger partial charge in [-0.2, -0.15) is 0 Å². The minimum absolute atomic E-state index is 0.0937. The second-order valence-corrected chi connectivity index (χ2v) is 5.68. The zero-order chi connectivity index (χ0) is 14.9. The van der Waals surface area contributed by atoms with Gasteiger partial charge in [0.15, 0.2) is 0 Å². The van der Waals surface area contributed by atoms with Gasteiger partial charge in [0.05, 0.1) is 16.3 Å². The van der Waals surface area contributed by atoms with Crippen LogP contribution in [0.5, 0.6) is 0 Å². The summed E-state index contributed by atoms with van der Waals surface area (Å²) in [6, 6.07) is 4.25. The number of nitrogens with one attached hydrogen (secondary N) is 1. The fraction of sp³-hybridized carbons (Fsp3) is 0.429. The number of aromatic carboxylic acids is 1. The molecule has 2 N–H and O–H groups in total. The molecular formula is C14H17ClN2O3. The number of carbonyl (C=O) groups is 2. The predicted octanol–water partition coefficient (Wildman–Crippen LogP) is 3.30. The van der Waals surface area contributed by atoms with Crippen molar-refractivity contribution in [3.8, 4) is 0 Å². The van der Waals surface area contributed by atoms with Crippen molar-refractivity contribution in [1.82, 2.24) is 4.90 Å². The number of anilines is 1. The number of halogens is 1. The Morgan fingerprint density at radius 3 is 2.60 bits per heavy atom. The summed E-state index contributed by atoms with van der Waals surface area (Å²) in [7, 11) is 0. The third kappa shape index (κ3) is 3.04. The number of rotatable bonds is 2. The van der Waals surface area contributed by atoms with Gasteiger partial charge in [-0.3, -0.25) is 0 Å². The Bertz CT molecular complexity index is 547. The molecular weight excluding hydrogens is 280 g/mol. The molecule has 1 aromatic rings. The van der Waals surface area contributed by atoms with Gasteiger partial charge in [0.2, 0.25) is 0 Å². The van der Waals surface area contributed by atoms with Crippen LogP contribution in [-0.2, 0) is 0 Å². The molecule has 2 rings (SSSR count). The van der Waals surface area contributed by atoms with Crippen LogP contribution in [0.4, 0.5) is 10.5 Å². The Labute approximate surface area is 122 Å². The molecule has 1 saturated heterocycles. The van der Waals surface area contributed by atoms with Gasteiger partial charge in [-0.05, 0) is 37.5 Å². The maximum absolute atomic E-state index is 12.2. The predicted molar refractivity (Wildman–Crippen MR) is 77.4 cm³/mol. The summed E-state index contributed by atoms with van der Waals surface area (Å²) in [5.74, 6) is -0.563. The van der Waals surface area contributed by atoms with Gasteiger partial charge < -0.3 is 15.3 Å². The van der Waals surface area contributed by atoms with Crippen LogP contribution in [0.3, 0.4) is 0 Å². The molecule has 0 radical (unpaired) electrons. The number of carboxylic acids is 1. The lowest BCUT2D eigenvalue weighted by Gasteiger charge is -2.22. The normalized spacial score (nSPS) is 21.9. The van der Waals surface area contributed by atoms with E-state index in [2.05, 4.69) is 12.2 Å². The van der Waals surface area contributed by atoms with E-state index in [9.17, 15) is 9.59 Å². The van der Waals surface area contributed by atoms with Crippen LogP contribution in [0.15, 0.2) is 18.2 Å². The SMILES string of the molecule is CC1CC(C)N(C(=O)Nc2ccc(C(=O)O)cc2Cl)C1. The van der Waals surface area contributed by atoms with E-state index in [0.717, 1.165) is 13.0 Å². The molecule has 2 atom stereocenters. The number of carboxylic acid groups (broad SMARTS) is 1. The molecule has 0 aromatic heterocycles. The maximum atomic E-state index is 12.2. The van der Waals surface area contributed by atoms with Crippen LogP contribution in [0.1, 0.15) is 30.6 Å². The van der Waals surface area contributed by atoms with Crippen molar-refractivity contribution in [2.24, 2.45) is 5.92 Å². The summed E-state index contributed by atoms with van der Waals surface area (Å²) in [5, 5.41) is 11.8. The smallest absolute Gasteiger partial charge is 0.335 e. The van der Waals surface area contributed by atoms with Crippen LogP contribution in [-0.4, -0.2) is 34.6 Å². The number of amides is 2. The summed E-state index contributed by atoms with van der Waals surface area (Å²) in [5.41, 5.74) is 0.518. The van der Waals surface area contributed by atoms with E-state index >= 15 is 0 Å². The van der Waals surface area contributed by atoms with E-state index < -0.39 is 5.97 Å². The van der Waals surface area contributed by atoms with Gasteiger partial charge in [0, 0.05) is 12.6 Å². The lowest BCUT2D eigenvalue weighted by Crippen LogP contribution is -2.37. The molecule has 0 bridgehead atoms. The molecule has 20 heavy (non-hydrogen) atoms. The Kier molecular flexibility index (Phi) is 4.18. The number of carbonyl (C=O) groups excluding carboxylic acids is 1. The Morgan fingerprint density at radius 2 is 2.10 bits per heavy atom. The number of benzene rings is 1. The lowest BCUT2D eigenvalue weighted by atomic mass is 10.1. The zero-order valence-corrected chi connectivity index (χ0v) is 12.1. The summed E-state index contributed by atoms with van der Waals surface area (Å²) in [6.45, 7) is 4.84. The number of nitrogens with zero attached hydrogens (tertiary/aromatic N) is 1. The van der Waals surface area contributed by atoms with Gasteiger partial charge in [-0.15, -0.1) is 0 Å². The first kappa shape index (κ1) is 14.7. The minimum Gasteiger partial charge on any atom is -0.478 e. The maximum Gasteiger partial charge on any atom is 0.335 e. The van der Waals surface area contributed by atoms with Crippen molar-refractivity contribution in [1.29, 1.82) is 0 Å². The van der Waals surface area contributed by atoms with Crippen LogP contribution < -0.4 is 5.32 Å². The van der Waals surface area contributed by atoms with Crippen molar-refractivity contribution in [2.75, 3.05) is 11.9 Å². The summed E-state index contributed by atoms with van der Waals surface area (Å²) in [4.78, 5) is 24.8. The van der Waals surface area contributed by atoms with Crippen molar-refractivity contribution in [3.63, 3.8) is 0 Å². The largest absolute Gasteiger partial charge is 0.478 e. The highest BCUT2D eigenvalue weighted by Gasteiger charge is 2.30. The lowest BCUT2D eigenvalue weighted by molar-refractivity contribution is 0.0697. The van der Waals surface area contributed by atoms with Crippen molar-refractivity contribution >= 4 is 29.3 Å². The van der Waals surface area contributed by atoms with E-state index in [0.29, 0.717) is 11.6 Å². The highest BCUT2D eigenvalue weighted by atomic mass is 35.5. The van der Waals surface area contributed by atoms with Crippen LogP contribution in [0, 0.1) is 5.92 Å². The average Bonchev–Trinajstić information content (AvgIpc) is 2.70.